The molecule has 0 aromatic heterocycles. The van der Waals surface area contributed by atoms with E-state index in [0.29, 0.717) is 0 Å². The molecule has 3 N–H and O–H groups in total. The van der Waals surface area contributed by atoms with Crippen LogP contribution < -0.4 is 15.6 Å². The number of carbonyl (C=O) groups is 2. The molecule has 1 aromatic rings. The maximum atomic E-state index is 11.8. The van der Waals surface area contributed by atoms with Crippen molar-refractivity contribution in [1.82, 2.24) is 15.6 Å². The van der Waals surface area contributed by atoms with Crippen molar-refractivity contribution in [2.75, 3.05) is 7.11 Å². The number of sulfonamides is 1. The van der Waals surface area contributed by atoms with Crippen molar-refractivity contribution in [3.63, 3.8) is 0 Å². The van der Waals surface area contributed by atoms with Crippen LogP contribution in [0.1, 0.15) is 0 Å². The number of rotatable bonds is 5. The second-order valence-electron chi connectivity index (χ2n) is 3.56. The number of urea groups is 1. The highest BCUT2D eigenvalue weighted by Gasteiger charge is 2.18. The van der Waals surface area contributed by atoms with Gasteiger partial charge in [-0.1, -0.05) is 23.4 Å². The molecule has 0 aliphatic heterocycles. The molecule has 0 heterocycles. The van der Waals surface area contributed by atoms with E-state index in [9.17, 15) is 18.0 Å². The number of imide groups is 1. The summed E-state index contributed by atoms with van der Waals surface area (Å²) >= 11 is 0. The van der Waals surface area contributed by atoms with Gasteiger partial charge < -0.3 is 4.84 Å². The molecule has 0 aliphatic carbocycles. The summed E-state index contributed by atoms with van der Waals surface area (Å²) in [6.07, 6.45) is 0. The molecule has 10 nitrogen and oxygen atoms in total. The van der Waals surface area contributed by atoms with Gasteiger partial charge in [0.1, 0.15) is 13.2 Å². The Morgan fingerprint density at radius 1 is 1.27 bits per heavy atom. The summed E-state index contributed by atoms with van der Waals surface area (Å²) in [7, 11) is -2.87. The Kier molecular flexibility index (Phi) is 5.99. The number of amides is 3. The van der Waals surface area contributed by atoms with Crippen LogP contribution in [0, 0.1) is 11.3 Å². The van der Waals surface area contributed by atoms with Crippen molar-refractivity contribution < 1.29 is 22.8 Å². The molecular formula is C11H11N5O5S. The Bertz CT molecular complexity index is 723. The van der Waals surface area contributed by atoms with E-state index in [2.05, 4.69) is 9.99 Å². The van der Waals surface area contributed by atoms with Gasteiger partial charge in [0.25, 0.3) is 15.9 Å². The summed E-state index contributed by atoms with van der Waals surface area (Å²) in [6.45, 7) is 0. The third-order valence-electron chi connectivity index (χ3n) is 2.08. The molecule has 1 aromatic carbocycles. The van der Waals surface area contributed by atoms with Crippen LogP contribution in [0.3, 0.4) is 0 Å². The largest absolute Gasteiger partial charge is 0.398 e. The number of hydrogen-bond donors (Lipinski definition) is 3. The van der Waals surface area contributed by atoms with Gasteiger partial charge in [-0.05, 0) is 12.1 Å². The van der Waals surface area contributed by atoms with E-state index in [4.69, 9.17) is 5.26 Å². The topological polar surface area (TPSA) is 150 Å². The van der Waals surface area contributed by atoms with E-state index in [0.717, 1.165) is 7.11 Å². The Hall–Kier alpha value is -2.97. The minimum Gasteiger partial charge on any atom is -0.398 e. The summed E-state index contributed by atoms with van der Waals surface area (Å²) in [6, 6.07) is 7.45. The van der Waals surface area contributed by atoms with Gasteiger partial charge in [0.15, 0.2) is 0 Å². The molecule has 0 unspecified atom stereocenters. The van der Waals surface area contributed by atoms with Crippen molar-refractivity contribution in [2.45, 2.75) is 4.90 Å². The number of carbonyl (C=O) groups excluding carboxylic acids is 2. The Morgan fingerprint density at radius 3 is 2.45 bits per heavy atom. The number of nitriles is 1. The maximum Gasteiger partial charge on any atom is 0.336 e. The number of nitrogens with zero attached hydrogens (tertiary/aromatic N) is 2. The smallest absolute Gasteiger partial charge is 0.336 e. The van der Waals surface area contributed by atoms with Gasteiger partial charge >= 0.3 is 6.03 Å². The van der Waals surface area contributed by atoms with Crippen LogP contribution in [0.2, 0.25) is 0 Å². The second kappa shape index (κ2) is 7.72. The van der Waals surface area contributed by atoms with E-state index in [1.807, 2.05) is 0 Å². The molecule has 0 saturated heterocycles. The van der Waals surface area contributed by atoms with Gasteiger partial charge in [0, 0.05) is 0 Å². The molecule has 0 spiro atoms. The highest BCUT2D eigenvalue weighted by Crippen LogP contribution is 2.05. The lowest BCUT2D eigenvalue weighted by Gasteiger charge is -2.08. The molecule has 3 amide bonds. The average Bonchev–Trinajstić information content (AvgIpc) is 2.51. The van der Waals surface area contributed by atoms with Gasteiger partial charge in [0.05, 0.1) is 4.90 Å². The summed E-state index contributed by atoms with van der Waals surface area (Å²) in [5.41, 5.74) is 1.05. The third-order valence-corrected chi connectivity index (χ3v) is 3.35. The fraction of sp³-hybridized carbons (Fsp3) is 0.0909. The van der Waals surface area contributed by atoms with E-state index >= 15 is 0 Å². The van der Waals surface area contributed by atoms with E-state index in [1.165, 1.54) is 30.3 Å². The van der Waals surface area contributed by atoms with Gasteiger partial charge in [-0.3, -0.25) is 15.5 Å². The fourth-order valence-corrected chi connectivity index (χ4v) is 2.03. The zero-order chi connectivity index (χ0) is 16.6. The molecule has 0 fully saturated rings. The van der Waals surface area contributed by atoms with Gasteiger partial charge in [-0.25, -0.2) is 13.2 Å². The summed E-state index contributed by atoms with van der Waals surface area (Å²) in [5, 5.41) is 13.4. The fourth-order valence-electron chi connectivity index (χ4n) is 1.17. The summed E-state index contributed by atoms with van der Waals surface area (Å²) in [4.78, 5) is 28.7. The van der Waals surface area contributed by atoms with Gasteiger partial charge in [0.2, 0.25) is 5.71 Å². The first-order chi connectivity index (χ1) is 10.4. The van der Waals surface area contributed by atoms with Crippen molar-refractivity contribution in [3.05, 3.63) is 30.3 Å². The van der Waals surface area contributed by atoms with Crippen LogP contribution in [0.4, 0.5) is 4.79 Å². The zero-order valence-corrected chi connectivity index (χ0v) is 12.0. The first-order valence-electron chi connectivity index (χ1n) is 5.60. The molecule has 0 radical (unpaired) electrons. The molecule has 0 aliphatic rings. The molecule has 22 heavy (non-hydrogen) atoms. The highest BCUT2D eigenvalue weighted by atomic mass is 32.2. The minimum absolute atomic E-state index is 0.0831. The van der Waals surface area contributed by atoms with Crippen molar-refractivity contribution in [2.24, 2.45) is 5.16 Å². The maximum absolute atomic E-state index is 11.8. The number of oxime groups is 1. The van der Waals surface area contributed by atoms with Crippen LogP contribution in [0.25, 0.3) is 0 Å². The average molecular weight is 325 g/mol. The molecule has 11 heteroatoms. The van der Waals surface area contributed by atoms with Crippen LogP contribution >= 0.6 is 0 Å². The normalized spacial score (nSPS) is 11.2. The lowest BCUT2D eigenvalue weighted by atomic mass is 10.4. The number of hydrazine groups is 1. The molecule has 1 rings (SSSR count). The number of hydrogen-bond acceptors (Lipinski definition) is 7. The first kappa shape index (κ1) is 17.1. The van der Waals surface area contributed by atoms with Crippen molar-refractivity contribution >= 4 is 27.7 Å². The lowest BCUT2D eigenvalue weighted by molar-refractivity contribution is -0.113. The van der Waals surface area contributed by atoms with Gasteiger partial charge in [-0.15, -0.1) is 4.83 Å². The third kappa shape index (κ3) is 4.85. The lowest BCUT2D eigenvalue weighted by Crippen LogP contribution is -2.49. The minimum atomic E-state index is -3.98. The highest BCUT2D eigenvalue weighted by molar-refractivity contribution is 7.89. The standard InChI is InChI=1S/C11H11N5O5S/c1-21-15-9(7-12)10(17)13-11(18)14-16-22(19,20)8-5-3-2-4-6-8/h2-6,16H,1H3,(H2,13,14,17,18)/b15-9+. The van der Waals surface area contributed by atoms with Gasteiger partial charge in [-0.2, -0.15) is 5.26 Å². The zero-order valence-electron chi connectivity index (χ0n) is 11.2. The number of benzene rings is 1. The van der Waals surface area contributed by atoms with Crippen molar-refractivity contribution in [1.29, 1.82) is 5.26 Å². The molecule has 0 saturated carbocycles. The van der Waals surface area contributed by atoms with Crippen LogP contribution in [-0.2, 0) is 19.7 Å². The Morgan fingerprint density at radius 2 is 1.91 bits per heavy atom. The quantitative estimate of drug-likeness (QED) is 0.478. The Labute approximate surface area is 125 Å². The van der Waals surface area contributed by atoms with E-state index < -0.39 is 27.7 Å². The summed E-state index contributed by atoms with van der Waals surface area (Å²) in [5.74, 6) is -1.15. The van der Waals surface area contributed by atoms with Crippen LogP contribution in [-0.4, -0.2) is 33.2 Å². The van der Waals surface area contributed by atoms with Crippen LogP contribution in [0.15, 0.2) is 40.4 Å². The van der Waals surface area contributed by atoms with E-state index in [-0.39, 0.29) is 4.90 Å². The molecule has 116 valence electrons. The number of nitrogens with one attached hydrogen (secondary N) is 3. The first-order valence-corrected chi connectivity index (χ1v) is 7.08. The molecule has 0 bridgehead atoms. The second-order valence-corrected chi connectivity index (χ2v) is 5.24. The van der Waals surface area contributed by atoms with Crippen LogP contribution in [0.5, 0.6) is 0 Å². The molecular weight excluding hydrogens is 314 g/mol. The van der Waals surface area contributed by atoms with Crippen molar-refractivity contribution in [3.8, 4) is 6.07 Å². The molecule has 0 atom stereocenters. The predicted molar refractivity (Wildman–Crippen MR) is 73.5 cm³/mol. The SMILES string of the molecule is CO/N=C(\C#N)C(=O)NC(=O)NNS(=O)(=O)c1ccccc1. The summed E-state index contributed by atoms with van der Waals surface area (Å²) < 4.78 is 23.6. The van der Waals surface area contributed by atoms with E-state index in [1.54, 1.807) is 21.6 Å². The monoisotopic (exact) mass is 325 g/mol. The predicted octanol–water partition coefficient (Wildman–Crippen LogP) is -0.768. The Balaban J connectivity index is 2.62.